The van der Waals surface area contributed by atoms with Crippen LogP contribution in [0.25, 0.3) is 0 Å². The lowest BCUT2D eigenvalue weighted by Gasteiger charge is -2.14. The maximum atomic E-state index is 5.70. The van der Waals surface area contributed by atoms with E-state index in [2.05, 4.69) is 41.3 Å². The molecule has 18 heavy (non-hydrogen) atoms. The zero-order chi connectivity index (χ0) is 12.8. The Labute approximate surface area is 107 Å². The highest BCUT2D eigenvalue weighted by Crippen LogP contribution is 2.11. The van der Waals surface area contributed by atoms with E-state index in [0.29, 0.717) is 6.61 Å². The Balaban J connectivity index is 1.71. The number of rotatable bonds is 6. The van der Waals surface area contributed by atoms with Gasteiger partial charge in [0.25, 0.3) is 0 Å². The first-order valence-corrected chi connectivity index (χ1v) is 6.14. The molecule has 1 aromatic heterocycles. The molecule has 0 amide bonds. The van der Waals surface area contributed by atoms with Gasteiger partial charge in [-0.15, -0.1) is 0 Å². The van der Waals surface area contributed by atoms with Crippen LogP contribution < -0.4 is 10.1 Å². The topological polar surface area (TPSA) is 49.9 Å². The summed E-state index contributed by atoms with van der Waals surface area (Å²) < 4.78 is 5.70. The van der Waals surface area contributed by atoms with Crippen molar-refractivity contribution in [2.75, 3.05) is 6.61 Å². The molecule has 0 saturated heterocycles. The predicted octanol–water partition coefficient (Wildman–Crippen LogP) is 2.28. The largest absolute Gasteiger partial charge is 0.492 e. The Kier molecular flexibility index (Phi) is 4.36. The molecular formula is C14H19N3O. The zero-order valence-electron chi connectivity index (χ0n) is 10.8. The number of benzene rings is 1. The summed E-state index contributed by atoms with van der Waals surface area (Å²) in [7, 11) is 0. The third-order valence-corrected chi connectivity index (χ3v) is 2.72. The van der Waals surface area contributed by atoms with Gasteiger partial charge in [-0.2, -0.15) is 0 Å². The number of hydrogen-bond acceptors (Lipinski definition) is 3. The second-order valence-electron chi connectivity index (χ2n) is 4.48. The minimum absolute atomic E-state index is 0.287. The predicted molar refractivity (Wildman–Crippen MR) is 71.6 cm³/mol. The van der Waals surface area contributed by atoms with Gasteiger partial charge in [-0.1, -0.05) is 17.7 Å². The van der Waals surface area contributed by atoms with E-state index in [-0.39, 0.29) is 6.04 Å². The van der Waals surface area contributed by atoms with E-state index < -0.39 is 0 Å². The number of imidazole rings is 1. The average molecular weight is 245 g/mol. The highest BCUT2D eigenvalue weighted by atomic mass is 16.5. The summed E-state index contributed by atoms with van der Waals surface area (Å²) in [4.78, 5) is 7.03. The second kappa shape index (κ2) is 6.21. The van der Waals surface area contributed by atoms with Crippen LogP contribution in [0.1, 0.15) is 18.2 Å². The van der Waals surface area contributed by atoms with Gasteiger partial charge in [-0.25, -0.2) is 4.98 Å². The number of nitrogens with one attached hydrogen (secondary N) is 2. The van der Waals surface area contributed by atoms with Crippen LogP contribution in [0.5, 0.6) is 5.75 Å². The number of aromatic nitrogens is 2. The van der Waals surface area contributed by atoms with Crippen molar-refractivity contribution in [1.82, 2.24) is 15.3 Å². The van der Waals surface area contributed by atoms with Gasteiger partial charge in [0.05, 0.1) is 6.33 Å². The van der Waals surface area contributed by atoms with Crippen molar-refractivity contribution in [2.45, 2.75) is 26.4 Å². The molecule has 2 rings (SSSR count). The average Bonchev–Trinajstić information content (AvgIpc) is 2.89. The van der Waals surface area contributed by atoms with Crippen molar-refractivity contribution in [3.8, 4) is 5.75 Å². The molecule has 0 aliphatic heterocycles. The molecular weight excluding hydrogens is 226 g/mol. The molecule has 0 radical (unpaired) electrons. The molecule has 1 heterocycles. The zero-order valence-corrected chi connectivity index (χ0v) is 10.8. The number of ether oxygens (including phenoxy) is 1. The van der Waals surface area contributed by atoms with Crippen LogP contribution in [0.3, 0.4) is 0 Å². The van der Waals surface area contributed by atoms with Crippen molar-refractivity contribution in [1.29, 1.82) is 0 Å². The first kappa shape index (κ1) is 12.6. The van der Waals surface area contributed by atoms with Crippen molar-refractivity contribution >= 4 is 0 Å². The Bertz CT molecular complexity index is 450. The van der Waals surface area contributed by atoms with Crippen LogP contribution in [0.15, 0.2) is 36.8 Å². The number of hydrogen-bond donors (Lipinski definition) is 2. The van der Waals surface area contributed by atoms with Gasteiger partial charge < -0.3 is 15.0 Å². The summed E-state index contributed by atoms with van der Waals surface area (Å²) in [6.07, 6.45) is 3.50. The van der Waals surface area contributed by atoms with E-state index in [1.54, 1.807) is 6.33 Å². The van der Waals surface area contributed by atoms with Crippen molar-refractivity contribution in [3.63, 3.8) is 0 Å². The number of aromatic amines is 1. The number of nitrogens with zero attached hydrogens (tertiary/aromatic N) is 1. The van der Waals surface area contributed by atoms with Crippen molar-refractivity contribution < 1.29 is 4.74 Å². The van der Waals surface area contributed by atoms with Crippen LogP contribution >= 0.6 is 0 Å². The standard InChI is InChI=1S/C14H19N3O/c1-11-3-5-14(6-4-11)18-9-12(2)16-8-13-7-15-10-17-13/h3-7,10,12,16H,8-9H2,1-2H3,(H,15,17). The van der Waals surface area contributed by atoms with Gasteiger partial charge in [0.2, 0.25) is 0 Å². The minimum Gasteiger partial charge on any atom is -0.492 e. The summed E-state index contributed by atoms with van der Waals surface area (Å²) >= 11 is 0. The summed E-state index contributed by atoms with van der Waals surface area (Å²) in [6, 6.07) is 8.39. The van der Waals surface area contributed by atoms with Crippen LogP contribution in [0.2, 0.25) is 0 Å². The van der Waals surface area contributed by atoms with Crippen LogP contribution in [0, 0.1) is 6.92 Å². The normalized spacial score (nSPS) is 12.3. The first-order valence-electron chi connectivity index (χ1n) is 6.14. The molecule has 1 unspecified atom stereocenters. The molecule has 0 bridgehead atoms. The Morgan fingerprint density at radius 3 is 2.78 bits per heavy atom. The summed E-state index contributed by atoms with van der Waals surface area (Å²) in [5.74, 6) is 0.913. The smallest absolute Gasteiger partial charge is 0.119 e. The van der Waals surface area contributed by atoms with Gasteiger partial charge in [0.15, 0.2) is 0 Å². The molecule has 2 aromatic rings. The molecule has 1 aromatic carbocycles. The number of H-pyrrole nitrogens is 1. The summed E-state index contributed by atoms with van der Waals surface area (Å²) in [5.41, 5.74) is 2.32. The summed E-state index contributed by atoms with van der Waals surface area (Å²) in [6.45, 7) is 5.60. The van der Waals surface area contributed by atoms with E-state index in [1.165, 1.54) is 5.56 Å². The molecule has 4 heteroatoms. The van der Waals surface area contributed by atoms with Gasteiger partial charge in [-0.3, -0.25) is 0 Å². The van der Waals surface area contributed by atoms with E-state index in [9.17, 15) is 0 Å². The minimum atomic E-state index is 0.287. The molecule has 0 spiro atoms. The SMILES string of the molecule is Cc1ccc(OCC(C)NCc2cnc[nH]2)cc1. The van der Waals surface area contributed by atoms with Gasteiger partial charge >= 0.3 is 0 Å². The Hall–Kier alpha value is -1.81. The Morgan fingerprint density at radius 2 is 2.11 bits per heavy atom. The lowest BCUT2D eigenvalue weighted by molar-refractivity contribution is 0.272. The highest BCUT2D eigenvalue weighted by Gasteiger charge is 2.03. The lowest BCUT2D eigenvalue weighted by Crippen LogP contribution is -2.31. The number of aryl methyl sites for hydroxylation is 1. The third-order valence-electron chi connectivity index (χ3n) is 2.72. The maximum Gasteiger partial charge on any atom is 0.119 e. The van der Waals surface area contributed by atoms with Gasteiger partial charge in [0.1, 0.15) is 12.4 Å². The highest BCUT2D eigenvalue weighted by molar-refractivity contribution is 5.26. The van der Waals surface area contributed by atoms with Gasteiger partial charge in [-0.05, 0) is 26.0 Å². The monoisotopic (exact) mass is 245 g/mol. The van der Waals surface area contributed by atoms with Crippen LogP contribution in [-0.4, -0.2) is 22.6 Å². The fraction of sp³-hybridized carbons (Fsp3) is 0.357. The van der Waals surface area contributed by atoms with Crippen molar-refractivity contribution in [2.24, 2.45) is 0 Å². The maximum absolute atomic E-state index is 5.70. The third kappa shape index (κ3) is 3.89. The second-order valence-corrected chi connectivity index (χ2v) is 4.48. The Morgan fingerprint density at radius 1 is 1.33 bits per heavy atom. The molecule has 0 fully saturated rings. The molecule has 0 saturated carbocycles. The molecule has 0 aliphatic carbocycles. The molecule has 1 atom stereocenters. The van der Waals surface area contributed by atoms with E-state index in [1.807, 2.05) is 18.3 Å². The van der Waals surface area contributed by atoms with Crippen LogP contribution in [0.4, 0.5) is 0 Å². The first-order chi connectivity index (χ1) is 8.74. The summed E-state index contributed by atoms with van der Waals surface area (Å²) in [5, 5.41) is 3.37. The fourth-order valence-corrected chi connectivity index (χ4v) is 1.58. The van der Waals surface area contributed by atoms with Gasteiger partial charge in [0, 0.05) is 24.5 Å². The quantitative estimate of drug-likeness (QED) is 0.821. The van der Waals surface area contributed by atoms with E-state index >= 15 is 0 Å². The van der Waals surface area contributed by atoms with E-state index in [0.717, 1.165) is 18.0 Å². The molecule has 4 nitrogen and oxygen atoms in total. The fourth-order valence-electron chi connectivity index (χ4n) is 1.58. The lowest BCUT2D eigenvalue weighted by atomic mass is 10.2. The molecule has 0 aliphatic rings. The molecule has 2 N–H and O–H groups in total. The van der Waals surface area contributed by atoms with E-state index in [4.69, 9.17) is 4.74 Å². The van der Waals surface area contributed by atoms with Crippen LogP contribution in [-0.2, 0) is 6.54 Å². The van der Waals surface area contributed by atoms with Crippen molar-refractivity contribution in [3.05, 3.63) is 48.0 Å². The molecule has 96 valence electrons.